The number of carbonyl (C=O) groups is 1. The zero-order chi connectivity index (χ0) is 14.4. The predicted molar refractivity (Wildman–Crippen MR) is 77.1 cm³/mol. The molecule has 2 N–H and O–H groups in total. The maximum Gasteiger partial charge on any atom is 0.225 e. The largest absolute Gasteiger partial charge is 0.394 e. The van der Waals surface area contributed by atoms with Gasteiger partial charge in [-0.05, 0) is 24.1 Å². The number of hydrogen-bond acceptors (Lipinski definition) is 3. The van der Waals surface area contributed by atoms with E-state index in [1.54, 1.807) is 6.20 Å². The van der Waals surface area contributed by atoms with Crippen molar-refractivity contribution in [3.8, 4) is 0 Å². The highest BCUT2D eigenvalue weighted by Gasteiger charge is 2.13. The molecule has 0 aliphatic heterocycles. The Kier molecular flexibility index (Phi) is 4.85. The lowest BCUT2D eigenvalue weighted by Gasteiger charge is -2.16. The van der Waals surface area contributed by atoms with Crippen LogP contribution in [0.4, 0.5) is 0 Å². The van der Waals surface area contributed by atoms with Crippen LogP contribution in [0.5, 0.6) is 0 Å². The van der Waals surface area contributed by atoms with E-state index in [0.29, 0.717) is 0 Å². The molecule has 0 fully saturated rings. The molecule has 0 spiro atoms. The molecule has 1 unspecified atom stereocenters. The molecule has 0 bridgehead atoms. The zero-order valence-corrected chi connectivity index (χ0v) is 11.4. The van der Waals surface area contributed by atoms with E-state index in [1.165, 1.54) is 0 Å². The Bertz CT molecular complexity index is 552. The molecule has 0 aliphatic carbocycles. The van der Waals surface area contributed by atoms with Crippen LogP contribution in [0.2, 0.25) is 0 Å². The summed E-state index contributed by atoms with van der Waals surface area (Å²) >= 11 is 0. The summed E-state index contributed by atoms with van der Waals surface area (Å²) in [7, 11) is 0. The van der Waals surface area contributed by atoms with Crippen LogP contribution in [-0.4, -0.2) is 22.6 Å². The minimum atomic E-state index is -0.373. The SMILES string of the molecule is Cc1ccc(CC(=O)NC(CO)c2ccccc2)cn1. The number of amides is 1. The van der Waals surface area contributed by atoms with Crippen LogP contribution in [0, 0.1) is 6.92 Å². The summed E-state index contributed by atoms with van der Waals surface area (Å²) in [5, 5.41) is 12.2. The third-order valence-electron chi connectivity index (χ3n) is 3.06. The molecule has 0 saturated heterocycles. The lowest BCUT2D eigenvalue weighted by molar-refractivity contribution is -0.121. The molecular weight excluding hydrogens is 252 g/mol. The number of aryl methyl sites for hydroxylation is 1. The maximum absolute atomic E-state index is 12.0. The van der Waals surface area contributed by atoms with E-state index in [1.807, 2.05) is 49.4 Å². The second-order valence-electron chi connectivity index (χ2n) is 4.70. The number of nitrogens with zero attached hydrogens (tertiary/aromatic N) is 1. The van der Waals surface area contributed by atoms with Gasteiger partial charge in [0.15, 0.2) is 0 Å². The molecule has 1 heterocycles. The fraction of sp³-hybridized carbons (Fsp3) is 0.250. The van der Waals surface area contributed by atoms with E-state index in [2.05, 4.69) is 10.3 Å². The molecule has 20 heavy (non-hydrogen) atoms. The number of carbonyl (C=O) groups excluding carboxylic acids is 1. The number of rotatable bonds is 5. The highest BCUT2D eigenvalue weighted by molar-refractivity contribution is 5.78. The molecule has 104 valence electrons. The van der Waals surface area contributed by atoms with Crippen LogP contribution in [0.1, 0.15) is 22.9 Å². The van der Waals surface area contributed by atoms with Crippen molar-refractivity contribution in [3.63, 3.8) is 0 Å². The van der Waals surface area contributed by atoms with Gasteiger partial charge in [-0.2, -0.15) is 0 Å². The number of benzene rings is 1. The Morgan fingerprint density at radius 2 is 2.00 bits per heavy atom. The number of aliphatic hydroxyl groups is 1. The summed E-state index contributed by atoms with van der Waals surface area (Å²) in [4.78, 5) is 16.2. The van der Waals surface area contributed by atoms with Crippen LogP contribution < -0.4 is 5.32 Å². The third-order valence-corrected chi connectivity index (χ3v) is 3.06. The summed E-state index contributed by atoms with van der Waals surface area (Å²) in [6.45, 7) is 1.78. The molecule has 4 heteroatoms. The van der Waals surface area contributed by atoms with Gasteiger partial charge in [-0.15, -0.1) is 0 Å². The molecule has 4 nitrogen and oxygen atoms in total. The van der Waals surface area contributed by atoms with Crippen LogP contribution in [-0.2, 0) is 11.2 Å². The first-order chi connectivity index (χ1) is 9.69. The fourth-order valence-corrected chi connectivity index (χ4v) is 1.95. The second kappa shape index (κ2) is 6.82. The number of nitrogens with one attached hydrogen (secondary N) is 1. The second-order valence-corrected chi connectivity index (χ2v) is 4.70. The van der Waals surface area contributed by atoms with E-state index in [-0.39, 0.29) is 25.0 Å². The van der Waals surface area contributed by atoms with Crippen LogP contribution >= 0.6 is 0 Å². The Balaban J connectivity index is 1.97. The molecule has 0 saturated carbocycles. The van der Waals surface area contributed by atoms with E-state index >= 15 is 0 Å². The van der Waals surface area contributed by atoms with Crippen LogP contribution in [0.3, 0.4) is 0 Å². The van der Waals surface area contributed by atoms with Crippen molar-refractivity contribution >= 4 is 5.91 Å². The monoisotopic (exact) mass is 270 g/mol. The van der Waals surface area contributed by atoms with Crippen molar-refractivity contribution in [1.82, 2.24) is 10.3 Å². The summed E-state index contributed by atoms with van der Waals surface area (Å²) in [6.07, 6.45) is 1.96. The molecule has 1 aromatic heterocycles. The zero-order valence-electron chi connectivity index (χ0n) is 11.4. The molecule has 0 radical (unpaired) electrons. The Labute approximate surface area is 118 Å². The lowest BCUT2D eigenvalue weighted by Crippen LogP contribution is -2.31. The van der Waals surface area contributed by atoms with Gasteiger partial charge in [-0.3, -0.25) is 9.78 Å². The molecule has 1 atom stereocenters. The van der Waals surface area contributed by atoms with Gasteiger partial charge in [0.2, 0.25) is 5.91 Å². The lowest BCUT2D eigenvalue weighted by atomic mass is 10.1. The van der Waals surface area contributed by atoms with Gasteiger partial charge in [-0.25, -0.2) is 0 Å². The summed E-state index contributed by atoms with van der Waals surface area (Å²) < 4.78 is 0. The predicted octanol–water partition coefficient (Wildman–Crippen LogP) is 1.78. The van der Waals surface area contributed by atoms with Crippen LogP contribution in [0.25, 0.3) is 0 Å². The summed E-state index contributed by atoms with van der Waals surface area (Å²) in [6, 6.07) is 12.8. The van der Waals surface area contributed by atoms with Gasteiger partial charge in [0.1, 0.15) is 0 Å². The summed E-state index contributed by atoms with van der Waals surface area (Å²) in [5.41, 5.74) is 2.68. The van der Waals surface area contributed by atoms with Crippen molar-refractivity contribution in [3.05, 3.63) is 65.5 Å². The standard InChI is InChI=1S/C16H18N2O2/c1-12-7-8-13(10-17-12)9-16(20)18-15(11-19)14-5-3-2-4-6-14/h2-8,10,15,19H,9,11H2,1H3,(H,18,20). The molecular formula is C16H18N2O2. The van der Waals surface area contributed by atoms with Crippen molar-refractivity contribution in [2.75, 3.05) is 6.61 Å². The smallest absolute Gasteiger partial charge is 0.225 e. The number of aliphatic hydroxyl groups excluding tert-OH is 1. The van der Waals surface area contributed by atoms with Gasteiger partial charge in [0.25, 0.3) is 0 Å². The van der Waals surface area contributed by atoms with E-state index in [9.17, 15) is 9.90 Å². The van der Waals surface area contributed by atoms with E-state index in [4.69, 9.17) is 0 Å². The van der Waals surface area contributed by atoms with Gasteiger partial charge in [0.05, 0.1) is 19.1 Å². The molecule has 2 rings (SSSR count). The molecule has 1 amide bonds. The Hall–Kier alpha value is -2.20. The van der Waals surface area contributed by atoms with Crippen LogP contribution in [0.15, 0.2) is 48.7 Å². The highest BCUT2D eigenvalue weighted by atomic mass is 16.3. The molecule has 2 aromatic rings. The molecule has 0 aliphatic rings. The van der Waals surface area contributed by atoms with Crippen molar-refractivity contribution in [1.29, 1.82) is 0 Å². The molecule has 1 aromatic carbocycles. The maximum atomic E-state index is 12.0. The summed E-state index contributed by atoms with van der Waals surface area (Å²) in [5.74, 6) is -0.126. The normalized spacial score (nSPS) is 11.9. The van der Waals surface area contributed by atoms with Crippen molar-refractivity contribution in [2.45, 2.75) is 19.4 Å². The first-order valence-corrected chi connectivity index (χ1v) is 6.55. The van der Waals surface area contributed by atoms with Crippen molar-refractivity contribution in [2.24, 2.45) is 0 Å². The first kappa shape index (κ1) is 14.2. The van der Waals surface area contributed by atoms with Gasteiger partial charge >= 0.3 is 0 Å². The van der Waals surface area contributed by atoms with Gasteiger partial charge < -0.3 is 10.4 Å². The Morgan fingerprint density at radius 3 is 2.60 bits per heavy atom. The number of aromatic nitrogens is 1. The third kappa shape index (κ3) is 3.90. The minimum Gasteiger partial charge on any atom is -0.394 e. The highest BCUT2D eigenvalue weighted by Crippen LogP contribution is 2.12. The Morgan fingerprint density at radius 1 is 1.25 bits per heavy atom. The van der Waals surface area contributed by atoms with E-state index in [0.717, 1.165) is 16.8 Å². The van der Waals surface area contributed by atoms with E-state index < -0.39 is 0 Å². The average molecular weight is 270 g/mol. The average Bonchev–Trinajstić information content (AvgIpc) is 2.48. The van der Waals surface area contributed by atoms with Gasteiger partial charge in [0, 0.05) is 11.9 Å². The quantitative estimate of drug-likeness (QED) is 0.870. The topological polar surface area (TPSA) is 62.2 Å². The minimum absolute atomic E-state index is 0.123. The number of pyridine rings is 1. The number of hydrogen-bond donors (Lipinski definition) is 2. The van der Waals surface area contributed by atoms with Crippen molar-refractivity contribution < 1.29 is 9.90 Å². The van der Waals surface area contributed by atoms with Gasteiger partial charge in [-0.1, -0.05) is 36.4 Å². The fourth-order valence-electron chi connectivity index (χ4n) is 1.95. The first-order valence-electron chi connectivity index (χ1n) is 6.55.